The summed E-state index contributed by atoms with van der Waals surface area (Å²) in [6.45, 7) is 6.85. The highest BCUT2D eigenvalue weighted by atomic mass is 14.2. The van der Waals surface area contributed by atoms with E-state index in [2.05, 4.69) is 75.4 Å². The van der Waals surface area contributed by atoms with Crippen LogP contribution in [0.1, 0.15) is 32.8 Å². The second-order valence-corrected chi connectivity index (χ2v) is 5.18. The van der Waals surface area contributed by atoms with Crippen LogP contribution in [0.15, 0.2) is 54.6 Å². The molecule has 0 nitrogen and oxygen atoms in total. The van der Waals surface area contributed by atoms with Crippen molar-refractivity contribution < 1.29 is 0 Å². The fourth-order valence-corrected chi connectivity index (χ4v) is 1.95. The zero-order chi connectivity index (χ0) is 12.3. The Kier molecular flexibility index (Phi) is 3.33. The zero-order valence-corrected chi connectivity index (χ0v) is 10.9. The summed E-state index contributed by atoms with van der Waals surface area (Å²) in [7, 11) is 0. The van der Waals surface area contributed by atoms with Crippen molar-refractivity contribution in [2.45, 2.75) is 32.6 Å². The number of hydrogen-bond acceptors (Lipinski definition) is 0. The van der Waals surface area contributed by atoms with Crippen molar-refractivity contribution in [2.24, 2.45) is 0 Å². The summed E-state index contributed by atoms with van der Waals surface area (Å²) in [4.78, 5) is 0. The molecule has 17 heavy (non-hydrogen) atoms. The normalized spacial score (nSPS) is 11.5. The molecule has 0 bridgehead atoms. The first-order valence-corrected chi connectivity index (χ1v) is 6.29. The van der Waals surface area contributed by atoms with Crippen molar-refractivity contribution in [1.29, 1.82) is 0 Å². The second kappa shape index (κ2) is 4.75. The van der Waals surface area contributed by atoms with Crippen molar-refractivity contribution in [3.05, 3.63) is 60.2 Å². The van der Waals surface area contributed by atoms with Gasteiger partial charge in [0, 0.05) is 0 Å². The van der Waals surface area contributed by atoms with E-state index >= 15 is 0 Å². The van der Waals surface area contributed by atoms with Gasteiger partial charge < -0.3 is 0 Å². The van der Waals surface area contributed by atoms with Crippen LogP contribution in [0.3, 0.4) is 0 Å². The first kappa shape index (κ1) is 11.9. The van der Waals surface area contributed by atoms with Gasteiger partial charge in [0.25, 0.3) is 0 Å². The largest absolute Gasteiger partial charge is 0.0646 e. The van der Waals surface area contributed by atoms with Gasteiger partial charge in [-0.25, -0.2) is 0 Å². The Morgan fingerprint density at radius 1 is 0.824 bits per heavy atom. The van der Waals surface area contributed by atoms with E-state index in [4.69, 9.17) is 0 Å². The molecule has 0 aliphatic heterocycles. The quantitative estimate of drug-likeness (QED) is 0.685. The molecule has 0 unspecified atom stereocenters. The molecule has 0 aromatic heterocycles. The van der Waals surface area contributed by atoms with Crippen LogP contribution in [0.25, 0.3) is 11.1 Å². The molecular weight excluding hydrogens is 204 g/mol. The lowest BCUT2D eigenvalue weighted by Gasteiger charge is -2.24. The monoisotopic (exact) mass is 224 g/mol. The maximum absolute atomic E-state index is 2.32. The average molecular weight is 224 g/mol. The van der Waals surface area contributed by atoms with Crippen LogP contribution in [0.2, 0.25) is 0 Å². The average Bonchev–Trinajstić information content (AvgIpc) is 2.40. The minimum absolute atomic E-state index is 0.255. The fourth-order valence-electron chi connectivity index (χ4n) is 1.95. The van der Waals surface area contributed by atoms with Gasteiger partial charge in [0.15, 0.2) is 0 Å². The van der Waals surface area contributed by atoms with Gasteiger partial charge in [0.2, 0.25) is 0 Å². The Bertz CT molecular complexity index is 480. The summed E-state index contributed by atoms with van der Waals surface area (Å²) in [5.74, 6) is 0. The molecular formula is C17H20. The summed E-state index contributed by atoms with van der Waals surface area (Å²) < 4.78 is 0. The smallest absolute Gasteiger partial charge is 0.0106 e. The molecule has 0 atom stereocenters. The predicted molar refractivity (Wildman–Crippen MR) is 75.2 cm³/mol. The first-order valence-electron chi connectivity index (χ1n) is 6.29. The fraction of sp³-hybridized carbons (Fsp3) is 0.294. The van der Waals surface area contributed by atoms with Crippen molar-refractivity contribution in [1.82, 2.24) is 0 Å². The van der Waals surface area contributed by atoms with Gasteiger partial charge in [-0.05, 0) is 28.5 Å². The molecule has 2 rings (SSSR count). The Balaban J connectivity index is 2.42. The molecule has 0 spiro atoms. The first-order chi connectivity index (χ1) is 8.13. The number of hydrogen-bond donors (Lipinski definition) is 0. The van der Waals surface area contributed by atoms with Crippen molar-refractivity contribution in [3.63, 3.8) is 0 Å². The summed E-state index contributed by atoms with van der Waals surface area (Å²) in [6, 6.07) is 19.5. The van der Waals surface area contributed by atoms with Crippen LogP contribution in [0.5, 0.6) is 0 Å². The lowest BCUT2D eigenvalue weighted by atomic mass is 9.81. The molecule has 0 saturated heterocycles. The Morgan fingerprint density at radius 3 is 2.12 bits per heavy atom. The van der Waals surface area contributed by atoms with Crippen LogP contribution in [-0.2, 0) is 5.41 Å². The van der Waals surface area contributed by atoms with Gasteiger partial charge in [0.05, 0.1) is 0 Å². The molecule has 2 aromatic rings. The van der Waals surface area contributed by atoms with Gasteiger partial charge in [-0.2, -0.15) is 0 Å². The SMILES string of the molecule is CCC(C)(C)c1cccc(-c2ccccc2)c1. The molecule has 0 heteroatoms. The van der Waals surface area contributed by atoms with Gasteiger partial charge >= 0.3 is 0 Å². The van der Waals surface area contributed by atoms with E-state index in [0.29, 0.717) is 0 Å². The molecule has 0 aliphatic rings. The second-order valence-electron chi connectivity index (χ2n) is 5.18. The third-order valence-electron chi connectivity index (χ3n) is 3.64. The Hall–Kier alpha value is -1.56. The van der Waals surface area contributed by atoms with Crippen molar-refractivity contribution in [2.75, 3.05) is 0 Å². The van der Waals surface area contributed by atoms with E-state index in [1.165, 1.54) is 16.7 Å². The van der Waals surface area contributed by atoms with Crippen LogP contribution in [0.4, 0.5) is 0 Å². The molecule has 0 aliphatic carbocycles. The van der Waals surface area contributed by atoms with Gasteiger partial charge in [-0.1, -0.05) is 75.4 Å². The van der Waals surface area contributed by atoms with Gasteiger partial charge in [0.1, 0.15) is 0 Å². The molecule has 0 fully saturated rings. The zero-order valence-electron chi connectivity index (χ0n) is 10.9. The van der Waals surface area contributed by atoms with E-state index < -0.39 is 0 Å². The molecule has 88 valence electrons. The minimum Gasteiger partial charge on any atom is -0.0646 e. The van der Waals surface area contributed by atoms with E-state index in [9.17, 15) is 0 Å². The van der Waals surface area contributed by atoms with Crippen LogP contribution in [-0.4, -0.2) is 0 Å². The highest BCUT2D eigenvalue weighted by Crippen LogP contribution is 2.30. The number of benzene rings is 2. The third-order valence-corrected chi connectivity index (χ3v) is 3.64. The lowest BCUT2D eigenvalue weighted by Crippen LogP contribution is -2.15. The van der Waals surface area contributed by atoms with Gasteiger partial charge in [-0.15, -0.1) is 0 Å². The lowest BCUT2D eigenvalue weighted by molar-refractivity contribution is 0.506. The van der Waals surface area contributed by atoms with Crippen LogP contribution >= 0.6 is 0 Å². The van der Waals surface area contributed by atoms with Crippen molar-refractivity contribution >= 4 is 0 Å². The predicted octanol–water partition coefficient (Wildman–Crippen LogP) is 5.04. The summed E-state index contributed by atoms with van der Waals surface area (Å²) in [5.41, 5.74) is 4.28. The topological polar surface area (TPSA) is 0 Å². The maximum atomic E-state index is 2.32. The molecule has 0 saturated carbocycles. The van der Waals surface area contributed by atoms with Gasteiger partial charge in [-0.3, -0.25) is 0 Å². The van der Waals surface area contributed by atoms with E-state index in [1.54, 1.807) is 0 Å². The third kappa shape index (κ3) is 2.58. The van der Waals surface area contributed by atoms with E-state index in [0.717, 1.165) is 6.42 Å². The highest BCUT2D eigenvalue weighted by Gasteiger charge is 2.17. The van der Waals surface area contributed by atoms with Crippen molar-refractivity contribution in [3.8, 4) is 11.1 Å². The standard InChI is InChI=1S/C17H20/c1-4-17(2,3)16-12-8-11-15(13-16)14-9-6-5-7-10-14/h5-13H,4H2,1-3H3. The van der Waals surface area contributed by atoms with Crippen LogP contribution < -0.4 is 0 Å². The molecule has 0 heterocycles. The summed E-state index contributed by atoms with van der Waals surface area (Å²) >= 11 is 0. The Morgan fingerprint density at radius 2 is 1.47 bits per heavy atom. The minimum atomic E-state index is 0.255. The number of rotatable bonds is 3. The maximum Gasteiger partial charge on any atom is -0.0106 e. The van der Waals surface area contributed by atoms with E-state index in [1.807, 2.05) is 0 Å². The molecule has 0 N–H and O–H groups in total. The Labute approximate surface area is 104 Å². The molecule has 2 aromatic carbocycles. The van der Waals surface area contributed by atoms with E-state index in [-0.39, 0.29) is 5.41 Å². The van der Waals surface area contributed by atoms with Crippen LogP contribution in [0, 0.1) is 0 Å². The summed E-state index contributed by atoms with van der Waals surface area (Å²) in [6.07, 6.45) is 1.16. The molecule has 0 radical (unpaired) electrons. The highest BCUT2D eigenvalue weighted by molar-refractivity contribution is 5.64. The molecule has 0 amide bonds. The summed E-state index contributed by atoms with van der Waals surface area (Å²) in [5, 5.41) is 0.